The standard InChI is InChI=1S/C13H18N4O2S/c1-2-15-3-5-16(6-4-15)7-10-8-17-9-11(12(18)19)20-13(17)14-10/h8-9H,2-7H2,1H3,(H,18,19). The Balaban J connectivity index is 1.66. The summed E-state index contributed by atoms with van der Waals surface area (Å²) in [5, 5.41) is 8.94. The molecule has 0 amide bonds. The van der Waals surface area contributed by atoms with E-state index in [1.807, 2.05) is 10.6 Å². The van der Waals surface area contributed by atoms with Gasteiger partial charge in [0.15, 0.2) is 4.96 Å². The lowest BCUT2D eigenvalue weighted by Gasteiger charge is -2.33. The first kappa shape index (κ1) is 13.5. The molecule has 1 saturated heterocycles. The van der Waals surface area contributed by atoms with Gasteiger partial charge in [-0.3, -0.25) is 9.30 Å². The lowest BCUT2D eigenvalue weighted by molar-refractivity contribution is 0.0702. The van der Waals surface area contributed by atoms with E-state index in [2.05, 4.69) is 21.7 Å². The Morgan fingerprint density at radius 2 is 2.00 bits per heavy atom. The highest BCUT2D eigenvalue weighted by atomic mass is 32.1. The van der Waals surface area contributed by atoms with Gasteiger partial charge in [-0.2, -0.15) is 0 Å². The molecule has 108 valence electrons. The van der Waals surface area contributed by atoms with Crippen LogP contribution in [0.5, 0.6) is 0 Å². The number of nitrogens with zero attached hydrogens (tertiary/aromatic N) is 4. The Hall–Kier alpha value is -1.44. The van der Waals surface area contributed by atoms with Gasteiger partial charge in [0.1, 0.15) is 4.88 Å². The molecule has 3 rings (SSSR count). The molecule has 0 aliphatic carbocycles. The molecule has 2 aromatic heterocycles. The van der Waals surface area contributed by atoms with Gasteiger partial charge >= 0.3 is 5.97 Å². The lowest BCUT2D eigenvalue weighted by Crippen LogP contribution is -2.45. The van der Waals surface area contributed by atoms with Crippen molar-refractivity contribution < 1.29 is 9.90 Å². The Labute approximate surface area is 121 Å². The zero-order valence-electron chi connectivity index (χ0n) is 11.4. The summed E-state index contributed by atoms with van der Waals surface area (Å²) >= 11 is 1.22. The van der Waals surface area contributed by atoms with Crippen LogP contribution < -0.4 is 0 Å². The van der Waals surface area contributed by atoms with Gasteiger partial charge in [0.25, 0.3) is 0 Å². The molecule has 0 aromatic carbocycles. The van der Waals surface area contributed by atoms with Crippen LogP contribution in [-0.4, -0.2) is 63.0 Å². The molecule has 0 unspecified atom stereocenters. The third-order valence-electron chi connectivity index (χ3n) is 3.71. The number of imidazole rings is 1. The fourth-order valence-electron chi connectivity index (χ4n) is 2.51. The summed E-state index contributed by atoms with van der Waals surface area (Å²) in [6, 6.07) is 0. The number of hydrogen-bond acceptors (Lipinski definition) is 5. The summed E-state index contributed by atoms with van der Waals surface area (Å²) in [5.74, 6) is -0.891. The van der Waals surface area contributed by atoms with Gasteiger partial charge in [-0.05, 0) is 6.54 Å². The van der Waals surface area contributed by atoms with E-state index in [4.69, 9.17) is 5.11 Å². The fraction of sp³-hybridized carbons (Fsp3) is 0.538. The molecule has 2 aromatic rings. The van der Waals surface area contributed by atoms with Crippen molar-refractivity contribution in [1.82, 2.24) is 19.2 Å². The van der Waals surface area contributed by atoms with Crippen molar-refractivity contribution in [2.45, 2.75) is 13.5 Å². The minimum atomic E-state index is -0.891. The van der Waals surface area contributed by atoms with Crippen LogP contribution in [-0.2, 0) is 6.54 Å². The first-order valence-corrected chi connectivity index (χ1v) is 7.63. The van der Waals surface area contributed by atoms with E-state index in [-0.39, 0.29) is 0 Å². The molecule has 1 N–H and O–H groups in total. The molecule has 0 atom stereocenters. The Kier molecular flexibility index (Phi) is 3.73. The highest BCUT2D eigenvalue weighted by Gasteiger charge is 2.17. The summed E-state index contributed by atoms with van der Waals surface area (Å²) in [6.07, 6.45) is 3.57. The number of carboxylic acids is 1. The smallest absolute Gasteiger partial charge is 0.347 e. The first-order valence-electron chi connectivity index (χ1n) is 6.81. The second kappa shape index (κ2) is 5.51. The highest BCUT2D eigenvalue weighted by Crippen LogP contribution is 2.18. The largest absolute Gasteiger partial charge is 0.477 e. The Bertz CT molecular complexity index is 581. The first-order chi connectivity index (χ1) is 9.65. The van der Waals surface area contributed by atoms with Crippen molar-refractivity contribution >= 4 is 22.3 Å². The second-order valence-electron chi connectivity index (χ2n) is 5.03. The predicted molar refractivity (Wildman–Crippen MR) is 77.4 cm³/mol. The van der Waals surface area contributed by atoms with E-state index < -0.39 is 5.97 Å². The number of aromatic nitrogens is 2. The topological polar surface area (TPSA) is 61.1 Å². The Morgan fingerprint density at radius 1 is 1.30 bits per heavy atom. The van der Waals surface area contributed by atoms with Gasteiger partial charge in [0.2, 0.25) is 0 Å². The molecule has 7 heteroatoms. The molecule has 20 heavy (non-hydrogen) atoms. The van der Waals surface area contributed by atoms with Gasteiger partial charge in [-0.15, -0.1) is 0 Å². The van der Waals surface area contributed by atoms with Crippen LogP contribution in [0.15, 0.2) is 12.4 Å². The number of carbonyl (C=O) groups is 1. The number of fused-ring (bicyclic) bond motifs is 1. The lowest BCUT2D eigenvalue weighted by atomic mass is 10.3. The van der Waals surface area contributed by atoms with Gasteiger partial charge in [-0.1, -0.05) is 18.3 Å². The maximum atomic E-state index is 10.9. The number of hydrogen-bond donors (Lipinski definition) is 1. The van der Waals surface area contributed by atoms with Crippen molar-refractivity contribution in [1.29, 1.82) is 0 Å². The molecule has 1 aliphatic heterocycles. The highest BCUT2D eigenvalue weighted by molar-refractivity contribution is 7.18. The zero-order chi connectivity index (χ0) is 14.1. The average Bonchev–Trinajstić information content (AvgIpc) is 2.97. The summed E-state index contributed by atoms with van der Waals surface area (Å²) in [7, 11) is 0. The Morgan fingerprint density at radius 3 is 2.60 bits per heavy atom. The van der Waals surface area contributed by atoms with Crippen LogP contribution in [0.1, 0.15) is 22.3 Å². The monoisotopic (exact) mass is 294 g/mol. The molecular weight excluding hydrogens is 276 g/mol. The molecule has 1 aliphatic rings. The number of aromatic carboxylic acids is 1. The molecule has 0 bridgehead atoms. The average molecular weight is 294 g/mol. The van der Waals surface area contributed by atoms with Crippen molar-refractivity contribution in [2.24, 2.45) is 0 Å². The number of piperazine rings is 1. The van der Waals surface area contributed by atoms with Gasteiger partial charge in [0.05, 0.1) is 5.69 Å². The third-order valence-corrected chi connectivity index (χ3v) is 4.70. The normalized spacial score (nSPS) is 17.9. The van der Waals surface area contributed by atoms with E-state index in [1.165, 1.54) is 11.3 Å². The maximum Gasteiger partial charge on any atom is 0.347 e. The van der Waals surface area contributed by atoms with Crippen LogP contribution in [0, 0.1) is 0 Å². The molecule has 3 heterocycles. The van der Waals surface area contributed by atoms with Gasteiger partial charge in [0, 0.05) is 45.1 Å². The van der Waals surface area contributed by atoms with Gasteiger partial charge < -0.3 is 10.0 Å². The summed E-state index contributed by atoms with van der Waals surface area (Å²) in [4.78, 5) is 21.3. The van der Waals surface area contributed by atoms with Crippen molar-refractivity contribution in [3.63, 3.8) is 0 Å². The van der Waals surface area contributed by atoms with E-state index >= 15 is 0 Å². The van der Waals surface area contributed by atoms with E-state index in [0.717, 1.165) is 49.9 Å². The van der Waals surface area contributed by atoms with Crippen LogP contribution >= 0.6 is 11.3 Å². The third kappa shape index (κ3) is 2.70. The van der Waals surface area contributed by atoms with Crippen molar-refractivity contribution in [3.05, 3.63) is 23.0 Å². The van der Waals surface area contributed by atoms with Crippen LogP contribution in [0.25, 0.3) is 4.96 Å². The van der Waals surface area contributed by atoms with Crippen LogP contribution in [0.4, 0.5) is 0 Å². The van der Waals surface area contributed by atoms with Crippen LogP contribution in [0.2, 0.25) is 0 Å². The van der Waals surface area contributed by atoms with E-state index in [1.54, 1.807) is 6.20 Å². The quantitative estimate of drug-likeness (QED) is 0.919. The number of likely N-dealkylation sites (N-methyl/N-ethyl adjacent to an activating group) is 1. The number of carboxylic acid groups (broad SMARTS) is 1. The summed E-state index contributed by atoms with van der Waals surface area (Å²) < 4.78 is 1.81. The molecule has 6 nitrogen and oxygen atoms in total. The predicted octanol–water partition coefficient (Wildman–Crippen LogP) is 1.23. The van der Waals surface area contributed by atoms with Crippen molar-refractivity contribution in [3.8, 4) is 0 Å². The summed E-state index contributed by atoms with van der Waals surface area (Å²) in [6.45, 7) is 8.52. The van der Waals surface area contributed by atoms with Gasteiger partial charge in [-0.25, -0.2) is 9.78 Å². The van der Waals surface area contributed by atoms with Crippen LogP contribution in [0.3, 0.4) is 0 Å². The SMILES string of the molecule is CCN1CCN(Cc2cn3cc(C(=O)O)sc3n2)CC1. The number of rotatable bonds is 4. The minimum Gasteiger partial charge on any atom is -0.477 e. The fourth-order valence-corrected chi connectivity index (χ4v) is 3.34. The maximum absolute atomic E-state index is 10.9. The second-order valence-corrected chi connectivity index (χ2v) is 6.04. The molecule has 0 spiro atoms. The number of thiazole rings is 1. The zero-order valence-corrected chi connectivity index (χ0v) is 12.3. The minimum absolute atomic E-state index is 0.329. The van der Waals surface area contributed by atoms with Crippen molar-refractivity contribution in [2.75, 3.05) is 32.7 Å². The summed E-state index contributed by atoms with van der Waals surface area (Å²) in [5.41, 5.74) is 1.01. The molecular formula is C13H18N4O2S. The van der Waals surface area contributed by atoms with E-state index in [0.29, 0.717) is 4.88 Å². The van der Waals surface area contributed by atoms with E-state index in [9.17, 15) is 4.79 Å². The molecule has 1 fully saturated rings. The molecule has 0 saturated carbocycles. The molecule has 0 radical (unpaired) electrons.